The van der Waals surface area contributed by atoms with Crippen LogP contribution in [0.15, 0.2) is 47.6 Å². The molecule has 2 aromatic rings. The Balaban J connectivity index is 1.59. The van der Waals surface area contributed by atoms with Gasteiger partial charge in [0.2, 0.25) is 6.10 Å². The molecule has 1 amide bonds. The van der Waals surface area contributed by atoms with E-state index in [0.29, 0.717) is 22.3 Å². The molecule has 6 nitrogen and oxygen atoms in total. The van der Waals surface area contributed by atoms with Crippen LogP contribution < -0.4 is 19.6 Å². The highest BCUT2D eigenvalue weighted by Gasteiger charge is 2.26. The minimum atomic E-state index is -0.753. The minimum Gasteiger partial charge on any atom is -0.495 e. The molecular weight excluding hydrogens is 332 g/mol. The number of carbonyl (C=O) groups is 1. The van der Waals surface area contributed by atoms with Crippen molar-refractivity contribution in [2.75, 3.05) is 13.7 Å². The van der Waals surface area contributed by atoms with Gasteiger partial charge in [-0.15, -0.1) is 0 Å². The van der Waals surface area contributed by atoms with E-state index in [1.165, 1.54) is 6.21 Å². The Morgan fingerprint density at radius 1 is 1.33 bits per heavy atom. The number of carbonyl (C=O) groups excluding carboxylic acids is 1. The topological polar surface area (TPSA) is 69.2 Å². The van der Waals surface area contributed by atoms with E-state index >= 15 is 0 Å². The second kappa shape index (κ2) is 7.23. The number of hydrogen-bond donors (Lipinski definition) is 1. The van der Waals surface area contributed by atoms with E-state index in [4.69, 9.17) is 25.8 Å². The summed E-state index contributed by atoms with van der Waals surface area (Å²) >= 11 is 6.03. The van der Waals surface area contributed by atoms with E-state index in [9.17, 15) is 4.79 Å². The van der Waals surface area contributed by atoms with Crippen LogP contribution in [-0.4, -0.2) is 31.9 Å². The molecule has 0 saturated carbocycles. The molecule has 124 valence electrons. The van der Waals surface area contributed by atoms with Gasteiger partial charge in [0.25, 0.3) is 5.91 Å². The zero-order valence-electron chi connectivity index (χ0n) is 12.9. The van der Waals surface area contributed by atoms with Crippen molar-refractivity contribution in [3.63, 3.8) is 0 Å². The largest absolute Gasteiger partial charge is 0.495 e. The van der Waals surface area contributed by atoms with Crippen molar-refractivity contribution in [3.05, 3.63) is 53.1 Å². The summed E-state index contributed by atoms with van der Waals surface area (Å²) in [7, 11) is 1.54. The third kappa shape index (κ3) is 3.60. The molecule has 1 heterocycles. The zero-order chi connectivity index (χ0) is 16.9. The summed E-state index contributed by atoms with van der Waals surface area (Å²) in [6, 6.07) is 12.4. The maximum absolute atomic E-state index is 12.1. The predicted octanol–water partition coefficient (Wildman–Crippen LogP) is 2.64. The Morgan fingerprint density at radius 3 is 2.88 bits per heavy atom. The molecule has 24 heavy (non-hydrogen) atoms. The molecule has 0 radical (unpaired) electrons. The maximum atomic E-state index is 12.1. The number of nitrogens with zero attached hydrogens (tertiary/aromatic N) is 1. The molecule has 0 spiro atoms. The van der Waals surface area contributed by atoms with E-state index in [1.54, 1.807) is 37.4 Å². The fourth-order valence-corrected chi connectivity index (χ4v) is 2.42. The van der Waals surface area contributed by atoms with E-state index < -0.39 is 6.10 Å². The van der Waals surface area contributed by atoms with Crippen molar-refractivity contribution >= 4 is 23.7 Å². The van der Waals surface area contributed by atoms with Crippen LogP contribution in [0.5, 0.6) is 17.2 Å². The molecule has 2 aromatic carbocycles. The summed E-state index contributed by atoms with van der Waals surface area (Å²) in [5, 5.41) is 4.38. The average Bonchev–Trinajstić information content (AvgIpc) is 2.61. The first-order valence-corrected chi connectivity index (χ1v) is 7.60. The number of halogens is 1. The Bertz CT molecular complexity index is 779. The summed E-state index contributed by atoms with van der Waals surface area (Å²) in [6.45, 7) is 0.132. The molecular formula is C17H15ClN2O4. The highest BCUT2D eigenvalue weighted by molar-refractivity contribution is 6.32. The highest BCUT2D eigenvalue weighted by Crippen LogP contribution is 2.30. The number of ether oxygens (including phenoxy) is 3. The first-order valence-electron chi connectivity index (χ1n) is 7.22. The van der Waals surface area contributed by atoms with E-state index in [1.807, 2.05) is 12.1 Å². The Labute approximate surface area is 144 Å². The van der Waals surface area contributed by atoms with Gasteiger partial charge in [-0.05, 0) is 35.9 Å². The number of hydrazone groups is 1. The van der Waals surface area contributed by atoms with Crippen LogP contribution in [0.2, 0.25) is 5.02 Å². The van der Waals surface area contributed by atoms with Gasteiger partial charge >= 0.3 is 0 Å². The van der Waals surface area contributed by atoms with Gasteiger partial charge in [-0.25, -0.2) is 5.43 Å². The molecule has 0 aliphatic carbocycles. The normalized spacial score (nSPS) is 16.0. The number of para-hydroxylation sites is 2. The van der Waals surface area contributed by atoms with Gasteiger partial charge in [-0.1, -0.05) is 23.7 Å². The molecule has 0 bridgehead atoms. The maximum Gasteiger partial charge on any atom is 0.284 e. The Hall–Kier alpha value is -2.73. The molecule has 7 heteroatoms. The van der Waals surface area contributed by atoms with Gasteiger partial charge in [0.1, 0.15) is 12.4 Å². The number of rotatable bonds is 4. The van der Waals surface area contributed by atoms with Crippen LogP contribution in [0, 0.1) is 0 Å². The first kappa shape index (κ1) is 16.1. The molecule has 1 aliphatic rings. The summed E-state index contributed by atoms with van der Waals surface area (Å²) in [5.74, 6) is 1.34. The fraction of sp³-hybridized carbons (Fsp3) is 0.176. The summed E-state index contributed by atoms with van der Waals surface area (Å²) < 4.78 is 16.2. The number of methoxy groups -OCH3 is 1. The van der Waals surface area contributed by atoms with Gasteiger partial charge in [0, 0.05) is 0 Å². The fourth-order valence-electron chi connectivity index (χ4n) is 2.15. The van der Waals surface area contributed by atoms with Gasteiger partial charge in [-0.2, -0.15) is 5.10 Å². The van der Waals surface area contributed by atoms with Crippen molar-refractivity contribution in [2.24, 2.45) is 5.10 Å². The van der Waals surface area contributed by atoms with Crippen LogP contribution in [0.1, 0.15) is 5.56 Å². The SMILES string of the molecule is COc1ccc(/C=N/NC(=O)C2COc3ccccc3O2)cc1Cl. The second-order valence-corrected chi connectivity index (χ2v) is 5.40. The monoisotopic (exact) mass is 346 g/mol. The lowest BCUT2D eigenvalue weighted by atomic mass is 10.2. The van der Waals surface area contributed by atoms with E-state index in [0.717, 1.165) is 5.56 Å². The summed E-state index contributed by atoms with van der Waals surface area (Å²) in [6.07, 6.45) is 0.734. The number of hydrogen-bond acceptors (Lipinski definition) is 5. The quantitative estimate of drug-likeness (QED) is 0.682. The molecule has 1 aliphatic heterocycles. The van der Waals surface area contributed by atoms with Gasteiger partial charge in [-0.3, -0.25) is 4.79 Å². The van der Waals surface area contributed by atoms with E-state index in [2.05, 4.69) is 10.5 Å². The van der Waals surface area contributed by atoms with Crippen molar-refractivity contribution in [1.82, 2.24) is 5.43 Å². The number of amides is 1. The van der Waals surface area contributed by atoms with Crippen molar-refractivity contribution in [2.45, 2.75) is 6.10 Å². The van der Waals surface area contributed by atoms with Crippen LogP contribution in [0.4, 0.5) is 0 Å². The zero-order valence-corrected chi connectivity index (χ0v) is 13.6. The molecule has 0 saturated heterocycles. The van der Waals surface area contributed by atoms with Crippen LogP contribution >= 0.6 is 11.6 Å². The standard InChI is InChI=1S/C17H15ClN2O4/c1-22-13-7-6-11(8-12(13)18)9-19-20-17(21)16-10-23-14-4-2-3-5-15(14)24-16/h2-9,16H,10H2,1H3,(H,20,21)/b19-9+. The smallest absolute Gasteiger partial charge is 0.284 e. The van der Waals surface area contributed by atoms with Crippen LogP contribution in [-0.2, 0) is 4.79 Å². The lowest BCUT2D eigenvalue weighted by molar-refractivity contribution is -0.130. The van der Waals surface area contributed by atoms with Gasteiger partial charge < -0.3 is 14.2 Å². The number of nitrogens with one attached hydrogen (secondary N) is 1. The van der Waals surface area contributed by atoms with Crippen LogP contribution in [0.3, 0.4) is 0 Å². The molecule has 0 fully saturated rings. The lowest BCUT2D eigenvalue weighted by Gasteiger charge is -2.24. The predicted molar refractivity (Wildman–Crippen MR) is 90.1 cm³/mol. The number of benzene rings is 2. The Morgan fingerprint density at radius 2 is 2.12 bits per heavy atom. The third-order valence-electron chi connectivity index (χ3n) is 3.37. The molecule has 0 aromatic heterocycles. The van der Waals surface area contributed by atoms with E-state index in [-0.39, 0.29) is 12.5 Å². The molecule has 1 N–H and O–H groups in total. The van der Waals surface area contributed by atoms with Crippen LogP contribution in [0.25, 0.3) is 0 Å². The summed E-state index contributed by atoms with van der Waals surface area (Å²) in [5.41, 5.74) is 3.16. The first-order chi connectivity index (χ1) is 11.7. The summed E-state index contributed by atoms with van der Waals surface area (Å²) in [4.78, 5) is 12.1. The second-order valence-electron chi connectivity index (χ2n) is 4.99. The lowest BCUT2D eigenvalue weighted by Crippen LogP contribution is -2.42. The Kier molecular flexibility index (Phi) is 4.86. The third-order valence-corrected chi connectivity index (χ3v) is 3.66. The number of fused-ring (bicyclic) bond motifs is 1. The minimum absolute atomic E-state index is 0.132. The van der Waals surface area contributed by atoms with Gasteiger partial charge in [0.05, 0.1) is 18.3 Å². The molecule has 1 unspecified atom stereocenters. The van der Waals surface area contributed by atoms with Crippen molar-refractivity contribution in [1.29, 1.82) is 0 Å². The van der Waals surface area contributed by atoms with Crippen molar-refractivity contribution < 1.29 is 19.0 Å². The van der Waals surface area contributed by atoms with Crippen molar-refractivity contribution in [3.8, 4) is 17.2 Å². The molecule has 1 atom stereocenters. The van der Waals surface area contributed by atoms with Gasteiger partial charge in [0.15, 0.2) is 11.5 Å². The molecule has 3 rings (SSSR count). The average molecular weight is 347 g/mol. The highest BCUT2D eigenvalue weighted by atomic mass is 35.5.